The van der Waals surface area contributed by atoms with Crippen molar-refractivity contribution in [2.24, 2.45) is 5.92 Å². The van der Waals surface area contributed by atoms with Crippen molar-refractivity contribution in [2.75, 3.05) is 6.54 Å². The number of nitrogens with one attached hydrogen (secondary N) is 3. The van der Waals surface area contributed by atoms with Gasteiger partial charge in [-0.05, 0) is 52.9 Å². The van der Waals surface area contributed by atoms with Gasteiger partial charge in [0.25, 0.3) is 0 Å². The highest BCUT2D eigenvalue weighted by atomic mass is 16.6. The fourth-order valence-corrected chi connectivity index (χ4v) is 4.08. The first-order valence-electron chi connectivity index (χ1n) is 10.9. The Morgan fingerprint density at radius 1 is 1.14 bits per heavy atom. The van der Waals surface area contributed by atoms with E-state index in [1.165, 1.54) is 19.3 Å². The van der Waals surface area contributed by atoms with E-state index in [9.17, 15) is 14.7 Å². The predicted octanol–water partition coefficient (Wildman–Crippen LogP) is 2.47. The lowest BCUT2D eigenvalue weighted by Gasteiger charge is -2.29. The summed E-state index contributed by atoms with van der Waals surface area (Å²) in [6, 6.07) is -0.632. The van der Waals surface area contributed by atoms with Gasteiger partial charge in [0.2, 0.25) is 5.91 Å². The van der Waals surface area contributed by atoms with Gasteiger partial charge in [-0.2, -0.15) is 0 Å². The van der Waals surface area contributed by atoms with Crippen LogP contribution in [0.15, 0.2) is 0 Å². The molecule has 162 valence electrons. The zero-order valence-electron chi connectivity index (χ0n) is 17.9. The van der Waals surface area contributed by atoms with E-state index in [4.69, 9.17) is 4.74 Å². The molecule has 4 atom stereocenters. The highest BCUT2D eigenvalue weighted by Crippen LogP contribution is 2.27. The van der Waals surface area contributed by atoms with E-state index in [1.807, 2.05) is 0 Å². The highest BCUT2D eigenvalue weighted by molar-refractivity contribution is 5.86. The summed E-state index contributed by atoms with van der Waals surface area (Å²) < 4.78 is 5.36. The largest absolute Gasteiger partial charge is 0.444 e. The third kappa shape index (κ3) is 7.95. The molecule has 4 unspecified atom stereocenters. The molecule has 0 spiro atoms. The first-order chi connectivity index (χ1) is 13.1. The van der Waals surface area contributed by atoms with Gasteiger partial charge in [-0.3, -0.25) is 4.79 Å². The number of ether oxygens (including phenoxy) is 1. The normalized spacial score (nSPS) is 28.1. The fourth-order valence-electron chi connectivity index (χ4n) is 4.08. The van der Waals surface area contributed by atoms with Crippen LogP contribution in [0.4, 0.5) is 4.79 Å². The summed E-state index contributed by atoms with van der Waals surface area (Å²) in [6.45, 7) is 7.95. The number of β-amino-alcohol motifs (C(OH)–C–C–N with tert-alkyl or cyclic N) is 1. The summed E-state index contributed by atoms with van der Waals surface area (Å²) >= 11 is 0. The smallest absolute Gasteiger partial charge is 0.408 e. The van der Waals surface area contributed by atoms with Gasteiger partial charge < -0.3 is 25.8 Å². The van der Waals surface area contributed by atoms with E-state index in [0.717, 1.165) is 19.3 Å². The van der Waals surface area contributed by atoms with E-state index in [2.05, 4.69) is 22.9 Å². The van der Waals surface area contributed by atoms with Crippen LogP contribution in [0, 0.1) is 5.92 Å². The number of carbonyl (C=O) groups is 2. The molecule has 1 saturated heterocycles. The standard InChI is InChI=1S/C21H39N3O4/c1-14-10-11-16(18(25)13-22-14)23-19(26)17(12-15-8-6-5-7-9-15)24-20(27)28-21(2,3)4/h14-18,22,25H,5-13H2,1-4H3,(H,23,26)(H,24,27). The van der Waals surface area contributed by atoms with Crippen LogP contribution >= 0.6 is 0 Å². The van der Waals surface area contributed by atoms with E-state index >= 15 is 0 Å². The third-order valence-corrected chi connectivity index (χ3v) is 5.68. The molecule has 0 aromatic carbocycles. The molecule has 1 heterocycles. The molecule has 0 aromatic heterocycles. The molecule has 2 amide bonds. The van der Waals surface area contributed by atoms with E-state index < -0.39 is 23.8 Å². The van der Waals surface area contributed by atoms with Crippen molar-refractivity contribution in [3.8, 4) is 0 Å². The minimum absolute atomic E-state index is 0.227. The quantitative estimate of drug-likeness (QED) is 0.571. The number of amides is 2. The third-order valence-electron chi connectivity index (χ3n) is 5.68. The summed E-state index contributed by atoms with van der Waals surface area (Å²) in [5.41, 5.74) is -0.616. The lowest BCUT2D eigenvalue weighted by molar-refractivity contribution is -0.125. The zero-order chi connectivity index (χ0) is 20.7. The van der Waals surface area contributed by atoms with Crippen LogP contribution in [0.5, 0.6) is 0 Å². The van der Waals surface area contributed by atoms with E-state index in [-0.39, 0.29) is 11.9 Å². The molecular formula is C21H39N3O4. The van der Waals surface area contributed by atoms with Crippen LogP contribution in [-0.4, -0.2) is 53.5 Å². The molecule has 7 nitrogen and oxygen atoms in total. The summed E-state index contributed by atoms with van der Waals surface area (Å²) in [7, 11) is 0. The highest BCUT2D eigenvalue weighted by Gasteiger charge is 2.31. The molecule has 0 radical (unpaired) electrons. The summed E-state index contributed by atoms with van der Waals surface area (Å²) in [5, 5.41) is 19.4. The number of carbonyl (C=O) groups excluding carboxylic acids is 2. The number of rotatable bonds is 5. The number of hydrogen-bond acceptors (Lipinski definition) is 5. The van der Waals surface area contributed by atoms with Gasteiger partial charge in [0.15, 0.2) is 0 Å². The lowest BCUT2D eigenvalue weighted by atomic mass is 9.84. The molecule has 1 aliphatic heterocycles. The molecule has 1 saturated carbocycles. The molecule has 0 bridgehead atoms. The van der Waals surface area contributed by atoms with Gasteiger partial charge in [-0.15, -0.1) is 0 Å². The van der Waals surface area contributed by atoms with Crippen LogP contribution in [-0.2, 0) is 9.53 Å². The van der Waals surface area contributed by atoms with E-state index in [1.54, 1.807) is 20.8 Å². The average molecular weight is 398 g/mol. The van der Waals surface area contributed by atoms with Crippen LogP contribution in [0.2, 0.25) is 0 Å². The second-order valence-corrected chi connectivity index (χ2v) is 9.51. The molecule has 7 heteroatoms. The Kier molecular flexibility index (Phi) is 8.56. The van der Waals surface area contributed by atoms with Crippen LogP contribution in [0.1, 0.15) is 79.1 Å². The summed E-state index contributed by atoms with van der Waals surface area (Å²) in [4.78, 5) is 25.3. The molecule has 2 fully saturated rings. The van der Waals surface area contributed by atoms with Crippen molar-refractivity contribution < 1.29 is 19.4 Å². The molecule has 4 N–H and O–H groups in total. The number of aliphatic hydroxyl groups is 1. The molecule has 2 aliphatic rings. The predicted molar refractivity (Wildman–Crippen MR) is 109 cm³/mol. The minimum atomic E-state index is -0.640. The maximum absolute atomic E-state index is 13.0. The van der Waals surface area contributed by atoms with Crippen molar-refractivity contribution in [3.63, 3.8) is 0 Å². The topological polar surface area (TPSA) is 99.7 Å². The number of hydrogen-bond donors (Lipinski definition) is 4. The van der Waals surface area contributed by atoms with E-state index in [0.29, 0.717) is 31.3 Å². The van der Waals surface area contributed by atoms with Crippen LogP contribution in [0.3, 0.4) is 0 Å². The molecule has 0 aromatic rings. The molecule has 1 aliphatic carbocycles. The molecular weight excluding hydrogens is 358 g/mol. The first-order valence-corrected chi connectivity index (χ1v) is 10.9. The summed E-state index contributed by atoms with van der Waals surface area (Å²) in [5.74, 6) is 0.204. The van der Waals surface area contributed by atoms with Gasteiger partial charge in [-0.25, -0.2) is 4.79 Å². The average Bonchev–Trinajstić information content (AvgIpc) is 2.76. The Morgan fingerprint density at radius 2 is 1.82 bits per heavy atom. The summed E-state index contributed by atoms with van der Waals surface area (Å²) in [6.07, 6.45) is 6.78. The van der Waals surface area contributed by atoms with Crippen molar-refractivity contribution in [3.05, 3.63) is 0 Å². The number of aliphatic hydroxyl groups excluding tert-OH is 1. The second kappa shape index (κ2) is 10.4. The Labute approximate surface area is 169 Å². The Balaban J connectivity index is 2.01. The SMILES string of the molecule is CC1CCC(NC(=O)C(CC2CCCCC2)NC(=O)OC(C)(C)C)C(O)CN1. The van der Waals surface area contributed by atoms with Gasteiger partial charge in [0, 0.05) is 12.6 Å². The van der Waals surface area contributed by atoms with Gasteiger partial charge >= 0.3 is 6.09 Å². The van der Waals surface area contributed by atoms with Crippen molar-refractivity contribution in [1.82, 2.24) is 16.0 Å². The maximum Gasteiger partial charge on any atom is 0.408 e. The van der Waals surface area contributed by atoms with Gasteiger partial charge in [-0.1, -0.05) is 32.1 Å². The van der Waals surface area contributed by atoms with Crippen molar-refractivity contribution in [1.29, 1.82) is 0 Å². The van der Waals surface area contributed by atoms with Crippen LogP contribution in [0.25, 0.3) is 0 Å². The van der Waals surface area contributed by atoms with Gasteiger partial charge in [0.05, 0.1) is 12.1 Å². The Morgan fingerprint density at radius 3 is 2.46 bits per heavy atom. The monoisotopic (exact) mass is 397 g/mol. The van der Waals surface area contributed by atoms with Gasteiger partial charge in [0.1, 0.15) is 11.6 Å². The van der Waals surface area contributed by atoms with Crippen LogP contribution < -0.4 is 16.0 Å². The number of alkyl carbamates (subject to hydrolysis) is 1. The Hall–Kier alpha value is -1.34. The lowest BCUT2D eigenvalue weighted by Crippen LogP contribution is -2.54. The zero-order valence-corrected chi connectivity index (χ0v) is 17.9. The Bertz CT molecular complexity index is 514. The maximum atomic E-state index is 13.0. The fraction of sp³-hybridized carbons (Fsp3) is 0.905. The minimum Gasteiger partial charge on any atom is -0.444 e. The first kappa shape index (κ1) is 22.9. The van der Waals surface area contributed by atoms with Crippen molar-refractivity contribution >= 4 is 12.0 Å². The van der Waals surface area contributed by atoms with Crippen molar-refractivity contribution in [2.45, 2.75) is 109 Å². The molecule has 2 rings (SSSR count). The molecule has 28 heavy (non-hydrogen) atoms. The second-order valence-electron chi connectivity index (χ2n) is 9.51.